The molecule has 0 atom stereocenters. The van der Waals surface area contributed by atoms with E-state index in [0.717, 1.165) is 5.56 Å². The Hall–Kier alpha value is -3.93. The minimum atomic E-state index is -0.296. The first-order chi connectivity index (χ1) is 14.6. The average Bonchev–Trinajstić information content (AvgIpc) is 2.77. The Labute approximate surface area is 173 Å². The quantitative estimate of drug-likeness (QED) is 0.533. The largest absolute Gasteiger partial charge is 0.489 e. The molecule has 0 aliphatic rings. The van der Waals surface area contributed by atoms with Crippen molar-refractivity contribution in [2.45, 2.75) is 20.1 Å². The third kappa shape index (κ3) is 4.38. The van der Waals surface area contributed by atoms with Gasteiger partial charge in [0.1, 0.15) is 24.7 Å². The number of hydrogen-bond donors (Lipinski definition) is 1. The van der Waals surface area contributed by atoms with Crippen LogP contribution in [0.3, 0.4) is 0 Å². The molecule has 0 aliphatic heterocycles. The fourth-order valence-corrected chi connectivity index (χ4v) is 3.18. The Bertz CT molecular complexity index is 1230. The molecule has 0 bridgehead atoms. The molecule has 1 amide bonds. The number of fused-ring (bicyclic) bond motifs is 1. The van der Waals surface area contributed by atoms with E-state index < -0.39 is 0 Å². The van der Waals surface area contributed by atoms with Gasteiger partial charge in [0.05, 0.1) is 10.9 Å². The molecule has 30 heavy (non-hydrogen) atoms. The molecule has 6 heteroatoms. The number of aromatic nitrogens is 2. The standard InChI is InChI=1S/C24H21N3O3/c1-17-25-22-10-6-5-9-21(22)24(29)27(17)15-23(28)26-19-11-13-20(14-12-19)30-16-18-7-3-2-4-8-18/h2-14H,15-16H2,1H3,(H,26,28). The van der Waals surface area contributed by atoms with Crippen LogP contribution in [0, 0.1) is 6.92 Å². The fourth-order valence-electron chi connectivity index (χ4n) is 3.18. The highest BCUT2D eigenvalue weighted by Gasteiger charge is 2.11. The summed E-state index contributed by atoms with van der Waals surface area (Å²) in [4.78, 5) is 29.6. The van der Waals surface area contributed by atoms with Gasteiger partial charge in [-0.3, -0.25) is 14.2 Å². The molecule has 0 saturated carbocycles. The summed E-state index contributed by atoms with van der Waals surface area (Å²) in [5.74, 6) is 0.913. The highest BCUT2D eigenvalue weighted by Crippen LogP contribution is 2.17. The molecule has 4 aromatic rings. The van der Waals surface area contributed by atoms with E-state index in [1.54, 1.807) is 49.4 Å². The van der Waals surface area contributed by atoms with Crippen molar-refractivity contribution in [2.75, 3.05) is 5.32 Å². The minimum Gasteiger partial charge on any atom is -0.489 e. The van der Waals surface area contributed by atoms with Crippen molar-refractivity contribution < 1.29 is 9.53 Å². The lowest BCUT2D eigenvalue weighted by Crippen LogP contribution is -2.30. The summed E-state index contributed by atoms with van der Waals surface area (Å²) < 4.78 is 7.14. The summed E-state index contributed by atoms with van der Waals surface area (Å²) in [6, 6.07) is 24.2. The van der Waals surface area contributed by atoms with E-state index in [-0.39, 0.29) is 18.0 Å². The number of carbonyl (C=O) groups is 1. The average molecular weight is 399 g/mol. The number of amides is 1. The van der Waals surface area contributed by atoms with Gasteiger partial charge in [-0.1, -0.05) is 42.5 Å². The number of nitrogens with zero attached hydrogens (tertiary/aromatic N) is 2. The van der Waals surface area contributed by atoms with Gasteiger partial charge in [-0.05, 0) is 48.9 Å². The second-order valence-corrected chi connectivity index (χ2v) is 6.91. The molecule has 1 N–H and O–H groups in total. The molecule has 0 aliphatic carbocycles. The van der Waals surface area contributed by atoms with Gasteiger partial charge in [0, 0.05) is 5.69 Å². The van der Waals surface area contributed by atoms with E-state index >= 15 is 0 Å². The van der Waals surface area contributed by atoms with Gasteiger partial charge in [-0.25, -0.2) is 4.98 Å². The van der Waals surface area contributed by atoms with Crippen molar-refractivity contribution in [1.29, 1.82) is 0 Å². The number of aryl methyl sites for hydroxylation is 1. The molecule has 4 rings (SSSR count). The molecular weight excluding hydrogens is 378 g/mol. The predicted octanol–water partition coefficient (Wildman–Crippen LogP) is 3.92. The molecule has 1 aromatic heterocycles. The van der Waals surface area contributed by atoms with E-state index in [9.17, 15) is 9.59 Å². The van der Waals surface area contributed by atoms with Crippen molar-refractivity contribution in [3.63, 3.8) is 0 Å². The number of hydrogen-bond acceptors (Lipinski definition) is 4. The third-order valence-corrected chi connectivity index (χ3v) is 4.74. The number of ether oxygens (including phenoxy) is 1. The van der Waals surface area contributed by atoms with Crippen LogP contribution < -0.4 is 15.6 Å². The van der Waals surface area contributed by atoms with Crippen molar-refractivity contribution >= 4 is 22.5 Å². The molecule has 3 aromatic carbocycles. The smallest absolute Gasteiger partial charge is 0.261 e. The summed E-state index contributed by atoms with van der Waals surface area (Å²) in [5.41, 5.74) is 2.12. The number of para-hydroxylation sites is 1. The van der Waals surface area contributed by atoms with E-state index in [1.165, 1.54) is 4.57 Å². The van der Waals surface area contributed by atoms with Crippen LogP contribution in [-0.2, 0) is 17.9 Å². The lowest BCUT2D eigenvalue weighted by Gasteiger charge is -2.12. The lowest BCUT2D eigenvalue weighted by atomic mass is 10.2. The van der Waals surface area contributed by atoms with Crippen LogP contribution in [0.15, 0.2) is 83.7 Å². The monoisotopic (exact) mass is 399 g/mol. The summed E-state index contributed by atoms with van der Waals surface area (Å²) in [7, 11) is 0. The van der Waals surface area contributed by atoms with Gasteiger partial charge in [-0.15, -0.1) is 0 Å². The fraction of sp³-hybridized carbons (Fsp3) is 0.125. The zero-order chi connectivity index (χ0) is 20.9. The Kier molecular flexibility index (Phi) is 5.57. The summed E-state index contributed by atoms with van der Waals surface area (Å²) >= 11 is 0. The van der Waals surface area contributed by atoms with Crippen LogP contribution in [0.25, 0.3) is 10.9 Å². The maximum Gasteiger partial charge on any atom is 0.261 e. The van der Waals surface area contributed by atoms with Gasteiger partial charge in [-0.2, -0.15) is 0 Å². The number of benzene rings is 3. The zero-order valence-corrected chi connectivity index (χ0v) is 16.5. The number of anilines is 1. The first-order valence-electron chi connectivity index (χ1n) is 9.63. The molecule has 0 fully saturated rings. The van der Waals surface area contributed by atoms with Gasteiger partial charge >= 0.3 is 0 Å². The Balaban J connectivity index is 1.41. The van der Waals surface area contributed by atoms with E-state index in [4.69, 9.17) is 4.74 Å². The Morgan fingerprint density at radius 2 is 1.67 bits per heavy atom. The summed E-state index contributed by atoms with van der Waals surface area (Å²) in [5, 5.41) is 3.31. The van der Waals surface area contributed by atoms with Crippen molar-refractivity contribution in [2.24, 2.45) is 0 Å². The van der Waals surface area contributed by atoms with Crippen LogP contribution in [-0.4, -0.2) is 15.5 Å². The molecular formula is C24H21N3O3. The molecule has 6 nitrogen and oxygen atoms in total. The van der Waals surface area contributed by atoms with E-state index in [1.807, 2.05) is 36.4 Å². The highest BCUT2D eigenvalue weighted by atomic mass is 16.5. The number of nitrogens with one attached hydrogen (secondary N) is 1. The lowest BCUT2D eigenvalue weighted by molar-refractivity contribution is -0.116. The topological polar surface area (TPSA) is 73.2 Å². The van der Waals surface area contributed by atoms with Gasteiger partial charge in [0.15, 0.2) is 0 Å². The first kappa shape index (κ1) is 19.4. The molecule has 0 unspecified atom stereocenters. The van der Waals surface area contributed by atoms with Crippen molar-refractivity contribution in [3.8, 4) is 5.75 Å². The number of carbonyl (C=O) groups excluding carboxylic acids is 1. The Morgan fingerprint density at radius 1 is 0.967 bits per heavy atom. The highest BCUT2D eigenvalue weighted by molar-refractivity contribution is 5.90. The van der Waals surface area contributed by atoms with Gasteiger partial charge in [0.25, 0.3) is 5.56 Å². The molecule has 0 saturated heterocycles. The zero-order valence-electron chi connectivity index (χ0n) is 16.5. The SMILES string of the molecule is Cc1nc2ccccc2c(=O)n1CC(=O)Nc1ccc(OCc2ccccc2)cc1. The van der Waals surface area contributed by atoms with Gasteiger partial charge in [0.2, 0.25) is 5.91 Å². The molecule has 150 valence electrons. The van der Waals surface area contributed by atoms with Crippen molar-refractivity contribution in [3.05, 3.63) is 101 Å². The summed E-state index contributed by atoms with van der Waals surface area (Å²) in [6.45, 7) is 2.10. The van der Waals surface area contributed by atoms with E-state index in [2.05, 4.69) is 10.3 Å². The van der Waals surface area contributed by atoms with Crippen molar-refractivity contribution in [1.82, 2.24) is 9.55 Å². The van der Waals surface area contributed by atoms with Gasteiger partial charge < -0.3 is 10.1 Å². The van der Waals surface area contributed by atoms with E-state index in [0.29, 0.717) is 34.8 Å². The first-order valence-corrected chi connectivity index (χ1v) is 9.63. The maximum atomic E-state index is 12.7. The van der Waals surface area contributed by atoms with Crippen LogP contribution in [0.2, 0.25) is 0 Å². The predicted molar refractivity (Wildman–Crippen MR) is 117 cm³/mol. The van der Waals surface area contributed by atoms with Crippen LogP contribution in [0.4, 0.5) is 5.69 Å². The maximum absolute atomic E-state index is 12.7. The second kappa shape index (κ2) is 8.61. The molecule has 1 heterocycles. The third-order valence-electron chi connectivity index (χ3n) is 4.74. The molecule has 0 radical (unpaired) electrons. The van der Waals surface area contributed by atoms with Crippen LogP contribution in [0.5, 0.6) is 5.75 Å². The minimum absolute atomic E-state index is 0.102. The summed E-state index contributed by atoms with van der Waals surface area (Å²) in [6.07, 6.45) is 0. The molecule has 0 spiro atoms. The van der Waals surface area contributed by atoms with Crippen LogP contribution in [0.1, 0.15) is 11.4 Å². The Morgan fingerprint density at radius 3 is 2.43 bits per heavy atom. The van der Waals surface area contributed by atoms with Crippen LogP contribution >= 0.6 is 0 Å². The second-order valence-electron chi connectivity index (χ2n) is 6.91. The number of rotatable bonds is 6. The normalized spacial score (nSPS) is 10.7.